The smallest absolute Gasteiger partial charge is 0.125 e. The first-order valence-electron chi connectivity index (χ1n) is 5.82. The molecule has 0 unspecified atom stereocenters. The average molecular weight is 294 g/mol. The lowest BCUT2D eigenvalue weighted by Gasteiger charge is -2.08. The molecule has 0 fully saturated rings. The number of nitrogens with zero attached hydrogens (tertiary/aromatic N) is 1. The highest BCUT2D eigenvalue weighted by molar-refractivity contribution is 6.42. The topological polar surface area (TPSA) is 4.93 Å². The lowest BCUT2D eigenvalue weighted by Crippen LogP contribution is -1.99. The number of halogens is 3. The van der Waals surface area contributed by atoms with E-state index in [1.54, 1.807) is 12.1 Å². The molecule has 0 aliphatic rings. The Balaban J connectivity index is 2.06. The predicted molar refractivity (Wildman–Crippen MR) is 77.5 cm³/mol. The number of benzene rings is 2. The fourth-order valence-electron chi connectivity index (χ4n) is 2.15. The number of aromatic nitrogens is 1. The minimum atomic E-state index is -0.246. The van der Waals surface area contributed by atoms with E-state index in [9.17, 15) is 4.39 Å². The molecule has 19 heavy (non-hydrogen) atoms. The first kappa shape index (κ1) is 12.5. The zero-order valence-corrected chi connectivity index (χ0v) is 11.4. The fourth-order valence-corrected chi connectivity index (χ4v) is 2.53. The predicted octanol–water partition coefficient (Wildman–Crippen LogP) is 5.14. The van der Waals surface area contributed by atoms with Crippen molar-refractivity contribution in [3.63, 3.8) is 0 Å². The van der Waals surface area contributed by atoms with Gasteiger partial charge >= 0.3 is 0 Å². The van der Waals surface area contributed by atoms with Crippen LogP contribution in [0.2, 0.25) is 10.0 Å². The molecular formula is C15H10Cl2FN. The maximum atomic E-state index is 13.3. The summed E-state index contributed by atoms with van der Waals surface area (Å²) in [6.07, 6.45) is 1.92. The van der Waals surface area contributed by atoms with Crippen molar-refractivity contribution in [1.29, 1.82) is 0 Å². The molecule has 0 N–H and O–H groups in total. The highest BCUT2D eigenvalue weighted by atomic mass is 35.5. The quantitative estimate of drug-likeness (QED) is 0.617. The van der Waals surface area contributed by atoms with E-state index in [-0.39, 0.29) is 5.82 Å². The van der Waals surface area contributed by atoms with Crippen LogP contribution in [-0.2, 0) is 6.54 Å². The van der Waals surface area contributed by atoms with E-state index < -0.39 is 0 Å². The van der Waals surface area contributed by atoms with E-state index in [4.69, 9.17) is 23.2 Å². The lowest BCUT2D eigenvalue weighted by atomic mass is 10.2. The summed E-state index contributed by atoms with van der Waals surface area (Å²) in [5.41, 5.74) is 1.76. The molecule has 1 nitrogen and oxygen atoms in total. The second-order valence-corrected chi connectivity index (χ2v) is 5.14. The van der Waals surface area contributed by atoms with Crippen LogP contribution in [0.1, 0.15) is 5.56 Å². The third kappa shape index (κ3) is 2.34. The van der Waals surface area contributed by atoms with Crippen LogP contribution < -0.4 is 0 Å². The van der Waals surface area contributed by atoms with Crippen molar-refractivity contribution >= 4 is 34.1 Å². The molecule has 0 radical (unpaired) electrons. The largest absolute Gasteiger partial charge is 0.343 e. The van der Waals surface area contributed by atoms with Crippen LogP contribution in [0.25, 0.3) is 10.9 Å². The Morgan fingerprint density at radius 3 is 2.74 bits per heavy atom. The fraction of sp³-hybridized carbons (Fsp3) is 0.0667. The second-order valence-electron chi connectivity index (χ2n) is 4.36. The van der Waals surface area contributed by atoms with Crippen LogP contribution in [0.15, 0.2) is 48.7 Å². The van der Waals surface area contributed by atoms with Gasteiger partial charge in [0, 0.05) is 12.7 Å². The summed E-state index contributed by atoms with van der Waals surface area (Å²) in [5, 5.41) is 2.07. The van der Waals surface area contributed by atoms with Gasteiger partial charge in [-0.05, 0) is 41.3 Å². The van der Waals surface area contributed by atoms with Crippen molar-refractivity contribution in [1.82, 2.24) is 4.57 Å². The molecule has 96 valence electrons. The lowest BCUT2D eigenvalue weighted by molar-refractivity contribution is 0.628. The summed E-state index contributed by atoms with van der Waals surface area (Å²) < 4.78 is 15.3. The highest BCUT2D eigenvalue weighted by Gasteiger charge is 2.07. The average Bonchev–Trinajstić information content (AvgIpc) is 2.78. The maximum absolute atomic E-state index is 13.3. The van der Waals surface area contributed by atoms with Crippen molar-refractivity contribution < 1.29 is 4.39 Å². The molecule has 3 rings (SSSR count). The van der Waals surface area contributed by atoms with E-state index in [0.29, 0.717) is 16.6 Å². The molecule has 0 saturated heterocycles. The van der Waals surface area contributed by atoms with Gasteiger partial charge in [-0.1, -0.05) is 35.3 Å². The maximum Gasteiger partial charge on any atom is 0.125 e. The number of fused-ring (bicyclic) bond motifs is 1. The van der Waals surface area contributed by atoms with E-state index in [2.05, 4.69) is 0 Å². The normalized spacial score (nSPS) is 11.1. The first-order chi connectivity index (χ1) is 9.15. The third-order valence-corrected chi connectivity index (χ3v) is 3.97. The standard InChI is InChI=1S/C15H10Cl2FN/c16-13-3-1-2-11(15(13)17)9-19-7-6-10-4-5-12(18)8-14(10)19/h1-8H,9H2. The molecule has 0 aliphatic carbocycles. The Morgan fingerprint density at radius 1 is 1.05 bits per heavy atom. The van der Waals surface area contributed by atoms with Gasteiger partial charge in [-0.2, -0.15) is 0 Å². The Hall–Kier alpha value is -1.51. The number of hydrogen-bond donors (Lipinski definition) is 0. The summed E-state index contributed by atoms with van der Waals surface area (Å²) in [6.45, 7) is 0.562. The number of rotatable bonds is 2. The van der Waals surface area contributed by atoms with E-state index in [0.717, 1.165) is 16.5 Å². The van der Waals surface area contributed by atoms with Gasteiger partial charge < -0.3 is 4.57 Å². The minimum absolute atomic E-state index is 0.246. The molecule has 0 saturated carbocycles. The SMILES string of the molecule is Fc1ccc2ccn(Cc3cccc(Cl)c3Cl)c2c1. The van der Waals surface area contributed by atoms with Gasteiger partial charge in [-0.15, -0.1) is 0 Å². The Labute approximate surface area is 120 Å². The summed E-state index contributed by atoms with van der Waals surface area (Å²) in [4.78, 5) is 0. The molecular weight excluding hydrogens is 284 g/mol. The minimum Gasteiger partial charge on any atom is -0.343 e. The van der Waals surface area contributed by atoms with Gasteiger partial charge in [0.1, 0.15) is 5.82 Å². The molecule has 1 heterocycles. The zero-order chi connectivity index (χ0) is 13.4. The molecule has 0 bridgehead atoms. The molecule has 4 heteroatoms. The van der Waals surface area contributed by atoms with E-state index in [1.165, 1.54) is 12.1 Å². The molecule has 3 aromatic rings. The zero-order valence-electron chi connectivity index (χ0n) is 9.91. The van der Waals surface area contributed by atoms with Gasteiger partial charge in [0.15, 0.2) is 0 Å². The van der Waals surface area contributed by atoms with E-state index in [1.807, 2.05) is 29.0 Å². The van der Waals surface area contributed by atoms with Crippen molar-refractivity contribution in [3.8, 4) is 0 Å². The third-order valence-electron chi connectivity index (χ3n) is 3.11. The van der Waals surface area contributed by atoms with Gasteiger partial charge in [0.05, 0.1) is 15.6 Å². The monoisotopic (exact) mass is 293 g/mol. The summed E-state index contributed by atoms with van der Waals surface area (Å²) in [6, 6.07) is 12.2. The summed E-state index contributed by atoms with van der Waals surface area (Å²) in [5.74, 6) is -0.246. The van der Waals surface area contributed by atoms with Gasteiger partial charge in [-0.25, -0.2) is 4.39 Å². The number of hydrogen-bond acceptors (Lipinski definition) is 0. The van der Waals surface area contributed by atoms with Crippen LogP contribution in [0.4, 0.5) is 4.39 Å². The molecule has 2 aromatic carbocycles. The van der Waals surface area contributed by atoms with Gasteiger partial charge in [0.2, 0.25) is 0 Å². The van der Waals surface area contributed by atoms with Crippen molar-refractivity contribution in [2.24, 2.45) is 0 Å². The molecule has 0 amide bonds. The summed E-state index contributed by atoms with van der Waals surface area (Å²) >= 11 is 12.2. The van der Waals surface area contributed by atoms with Crippen LogP contribution >= 0.6 is 23.2 Å². The first-order valence-corrected chi connectivity index (χ1v) is 6.58. The molecule has 0 spiro atoms. The second kappa shape index (κ2) is 4.87. The van der Waals surface area contributed by atoms with Gasteiger partial charge in [0.25, 0.3) is 0 Å². The van der Waals surface area contributed by atoms with Crippen molar-refractivity contribution in [2.45, 2.75) is 6.54 Å². The van der Waals surface area contributed by atoms with E-state index >= 15 is 0 Å². The van der Waals surface area contributed by atoms with Gasteiger partial charge in [-0.3, -0.25) is 0 Å². The van der Waals surface area contributed by atoms with Crippen LogP contribution in [0, 0.1) is 5.82 Å². The summed E-state index contributed by atoms with van der Waals surface area (Å²) in [7, 11) is 0. The molecule has 1 aromatic heterocycles. The Bertz CT molecular complexity index is 749. The molecule has 0 aliphatic heterocycles. The molecule has 0 atom stereocenters. The van der Waals surface area contributed by atoms with Crippen LogP contribution in [-0.4, -0.2) is 4.57 Å². The van der Waals surface area contributed by atoms with Crippen molar-refractivity contribution in [3.05, 3.63) is 70.1 Å². The Kier molecular flexibility index (Phi) is 3.21. The van der Waals surface area contributed by atoms with Crippen molar-refractivity contribution in [2.75, 3.05) is 0 Å². The van der Waals surface area contributed by atoms with Crippen LogP contribution in [0.5, 0.6) is 0 Å². The Morgan fingerprint density at radius 2 is 1.89 bits per heavy atom. The highest BCUT2D eigenvalue weighted by Crippen LogP contribution is 2.27. The van der Waals surface area contributed by atoms with Crippen LogP contribution in [0.3, 0.4) is 0 Å².